The SMILES string of the molecule is CC1CCC(NS(=O)(=O)Cc2ccc(CN)cc2)CC1C. The highest BCUT2D eigenvalue weighted by molar-refractivity contribution is 7.88. The van der Waals surface area contributed by atoms with E-state index >= 15 is 0 Å². The Morgan fingerprint density at radius 1 is 1.10 bits per heavy atom. The summed E-state index contributed by atoms with van der Waals surface area (Å²) in [5, 5.41) is 0. The van der Waals surface area contributed by atoms with Crippen molar-refractivity contribution in [1.82, 2.24) is 4.72 Å². The van der Waals surface area contributed by atoms with Gasteiger partial charge in [-0.2, -0.15) is 0 Å². The molecule has 0 aliphatic heterocycles. The molecule has 4 nitrogen and oxygen atoms in total. The van der Waals surface area contributed by atoms with Gasteiger partial charge in [0.15, 0.2) is 0 Å². The molecule has 3 unspecified atom stereocenters. The maximum atomic E-state index is 12.3. The first-order valence-electron chi connectivity index (χ1n) is 7.67. The third-order valence-corrected chi connectivity index (χ3v) is 5.97. The van der Waals surface area contributed by atoms with Gasteiger partial charge in [0.25, 0.3) is 0 Å². The van der Waals surface area contributed by atoms with Gasteiger partial charge in [-0.3, -0.25) is 0 Å². The highest BCUT2D eigenvalue weighted by Crippen LogP contribution is 2.29. The van der Waals surface area contributed by atoms with E-state index in [1.165, 1.54) is 0 Å². The standard InChI is InChI=1S/C16H26N2O2S/c1-12-3-8-16(9-13(12)2)18-21(19,20)11-15-6-4-14(10-17)5-7-15/h4-7,12-13,16,18H,3,8-11,17H2,1-2H3. The molecule has 3 atom stereocenters. The zero-order chi connectivity index (χ0) is 15.5. The molecular formula is C16H26N2O2S. The Balaban J connectivity index is 1.95. The molecule has 0 heterocycles. The molecule has 0 amide bonds. The molecule has 21 heavy (non-hydrogen) atoms. The fourth-order valence-electron chi connectivity index (χ4n) is 2.94. The number of rotatable bonds is 5. The maximum Gasteiger partial charge on any atom is 0.216 e. The summed E-state index contributed by atoms with van der Waals surface area (Å²) in [6, 6.07) is 7.54. The van der Waals surface area contributed by atoms with Crippen LogP contribution in [0.5, 0.6) is 0 Å². The lowest BCUT2D eigenvalue weighted by molar-refractivity contribution is 0.242. The molecule has 1 aliphatic carbocycles. The Bertz CT molecular complexity index is 554. The van der Waals surface area contributed by atoms with Gasteiger partial charge in [-0.1, -0.05) is 38.1 Å². The van der Waals surface area contributed by atoms with Crippen molar-refractivity contribution in [3.63, 3.8) is 0 Å². The van der Waals surface area contributed by atoms with Crippen LogP contribution in [0.3, 0.4) is 0 Å². The minimum absolute atomic E-state index is 0.0400. The van der Waals surface area contributed by atoms with Crippen LogP contribution in [0.15, 0.2) is 24.3 Å². The lowest BCUT2D eigenvalue weighted by Gasteiger charge is -2.32. The Labute approximate surface area is 128 Å². The van der Waals surface area contributed by atoms with E-state index < -0.39 is 10.0 Å². The van der Waals surface area contributed by atoms with Gasteiger partial charge < -0.3 is 5.73 Å². The Morgan fingerprint density at radius 2 is 1.71 bits per heavy atom. The normalized spacial score (nSPS) is 26.7. The van der Waals surface area contributed by atoms with Crippen molar-refractivity contribution in [3.8, 4) is 0 Å². The van der Waals surface area contributed by atoms with Crippen LogP contribution in [0.1, 0.15) is 44.2 Å². The van der Waals surface area contributed by atoms with E-state index in [0.29, 0.717) is 18.4 Å². The lowest BCUT2D eigenvalue weighted by Crippen LogP contribution is -2.40. The largest absolute Gasteiger partial charge is 0.326 e. The van der Waals surface area contributed by atoms with Crippen molar-refractivity contribution in [1.29, 1.82) is 0 Å². The minimum Gasteiger partial charge on any atom is -0.326 e. The summed E-state index contributed by atoms with van der Waals surface area (Å²) in [6.07, 6.45) is 2.98. The molecule has 118 valence electrons. The summed E-state index contributed by atoms with van der Waals surface area (Å²) < 4.78 is 27.4. The molecule has 0 spiro atoms. The molecule has 1 saturated carbocycles. The number of sulfonamides is 1. The highest BCUT2D eigenvalue weighted by atomic mass is 32.2. The molecule has 0 saturated heterocycles. The van der Waals surface area contributed by atoms with E-state index in [-0.39, 0.29) is 11.8 Å². The van der Waals surface area contributed by atoms with Crippen LogP contribution >= 0.6 is 0 Å². The zero-order valence-corrected chi connectivity index (χ0v) is 13.7. The van der Waals surface area contributed by atoms with Gasteiger partial charge in [0.2, 0.25) is 10.0 Å². The van der Waals surface area contributed by atoms with Crippen molar-refractivity contribution >= 4 is 10.0 Å². The third-order valence-electron chi connectivity index (χ3n) is 4.56. The van der Waals surface area contributed by atoms with Crippen molar-refractivity contribution < 1.29 is 8.42 Å². The van der Waals surface area contributed by atoms with E-state index in [1.807, 2.05) is 24.3 Å². The van der Waals surface area contributed by atoms with E-state index in [4.69, 9.17) is 5.73 Å². The fourth-order valence-corrected chi connectivity index (χ4v) is 4.38. The van der Waals surface area contributed by atoms with Gasteiger partial charge in [0, 0.05) is 12.6 Å². The number of nitrogens with two attached hydrogens (primary N) is 1. The molecule has 2 rings (SSSR count). The molecule has 1 aliphatic rings. The smallest absolute Gasteiger partial charge is 0.216 e. The summed E-state index contributed by atoms with van der Waals surface area (Å²) in [4.78, 5) is 0. The second-order valence-electron chi connectivity index (χ2n) is 6.36. The summed E-state index contributed by atoms with van der Waals surface area (Å²) >= 11 is 0. The van der Waals surface area contributed by atoms with Gasteiger partial charge in [-0.05, 0) is 42.2 Å². The molecule has 0 bridgehead atoms. The molecule has 1 aromatic rings. The first-order valence-corrected chi connectivity index (χ1v) is 9.32. The number of benzene rings is 1. The van der Waals surface area contributed by atoms with E-state index in [2.05, 4.69) is 18.6 Å². The Hall–Kier alpha value is -0.910. The summed E-state index contributed by atoms with van der Waals surface area (Å²) in [5.41, 5.74) is 7.36. The Morgan fingerprint density at radius 3 is 2.29 bits per heavy atom. The minimum atomic E-state index is -3.28. The van der Waals surface area contributed by atoms with Gasteiger partial charge in [-0.15, -0.1) is 0 Å². The Kier molecular flexibility index (Phi) is 5.41. The van der Waals surface area contributed by atoms with E-state index in [9.17, 15) is 8.42 Å². The van der Waals surface area contributed by atoms with Gasteiger partial charge in [0.1, 0.15) is 0 Å². The predicted octanol–water partition coefficient (Wildman–Crippen LogP) is 2.39. The molecule has 3 N–H and O–H groups in total. The molecular weight excluding hydrogens is 284 g/mol. The number of hydrogen-bond acceptors (Lipinski definition) is 3. The highest BCUT2D eigenvalue weighted by Gasteiger charge is 2.27. The van der Waals surface area contributed by atoms with Crippen LogP contribution in [0, 0.1) is 11.8 Å². The second-order valence-corrected chi connectivity index (χ2v) is 8.12. The van der Waals surface area contributed by atoms with Crippen LogP contribution in [-0.2, 0) is 22.3 Å². The third kappa shape index (κ3) is 4.80. The molecule has 1 fully saturated rings. The number of hydrogen-bond donors (Lipinski definition) is 2. The first-order chi connectivity index (χ1) is 9.89. The van der Waals surface area contributed by atoms with E-state index in [0.717, 1.165) is 30.4 Å². The van der Waals surface area contributed by atoms with Crippen molar-refractivity contribution in [2.75, 3.05) is 0 Å². The van der Waals surface area contributed by atoms with Crippen molar-refractivity contribution in [3.05, 3.63) is 35.4 Å². The average Bonchev–Trinajstić information content (AvgIpc) is 2.43. The second kappa shape index (κ2) is 6.90. The van der Waals surface area contributed by atoms with Crippen molar-refractivity contribution in [2.24, 2.45) is 17.6 Å². The first kappa shape index (κ1) is 16.5. The lowest BCUT2D eigenvalue weighted by atomic mass is 9.79. The molecule has 0 aromatic heterocycles. The van der Waals surface area contributed by atoms with Crippen LogP contribution in [-0.4, -0.2) is 14.5 Å². The topological polar surface area (TPSA) is 72.2 Å². The zero-order valence-electron chi connectivity index (χ0n) is 12.9. The predicted molar refractivity (Wildman–Crippen MR) is 86.1 cm³/mol. The van der Waals surface area contributed by atoms with Gasteiger partial charge >= 0.3 is 0 Å². The average molecular weight is 310 g/mol. The summed E-state index contributed by atoms with van der Waals surface area (Å²) in [5.74, 6) is 1.31. The van der Waals surface area contributed by atoms with Gasteiger partial charge in [-0.25, -0.2) is 13.1 Å². The number of nitrogens with one attached hydrogen (secondary N) is 1. The van der Waals surface area contributed by atoms with Crippen LogP contribution in [0.25, 0.3) is 0 Å². The van der Waals surface area contributed by atoms with Gasteiger partial charge in [0.05, 0.1) is 5.75 Å². The van der Waals surface area contributed by atoms with E-state index in [1.54, 1.807) is 0 Å². The molecule has 1 aromatic carbocycles. The fraction of sp³-hybridized carbons (Fsp3) is 0.625. The molecule has 0 radical (unpaired) electrons. The van der Waals surface area contributed by atoms with Crippen LogP contribution in [0.2, 0.25) is 0 Å². The summed E-state index contributed by atoms with van der Waals surface area (Å²) in [6.45, 7) is 4.93. The monoisotopic (exact) mass is 310 g/mol. The summed E-state index contributed by atoms with van der Waals surface area (Å²) in [7, 11) is -3.28. The maximum absolute atomic E-state index is 12.3. The molecule has 5 heteroatoms. The van der Waals surface area contributed by atoms with Crippen molar-refractivity contribution in [2.45, 2.75) is 51.4 Å². The van der Waals surface area contributed by atoms with Crippen LogP contribution < -0.4 is 10.5 Å². The van der Waals surface area contributed by atoms with Crippen LogP contribution in [0.4, 0.5) is 0 Å². The quantitative estimate of drug-likeness (QED) is 0.877.